The fourth-order valence-electron chi connectivity index (χ4n) is 3.24. The molecule has 3 aromatic rings. The van der Waals surface area contributed by atoms with Crippen molar-refractivity contribution in [3.8, 4) is 0 Å². The fourth-order valence-corrected chi connectivity index (χ4v) is 3.24. The van der Waals surface area contributed by atoms with E-state index in [1.165, 1.54) is 33.8 Å². The lowest BCUT2D eigenvalue weighted by molar-refractivity contribution is 0.00205. The highest BCUT2D eigenvalue weighted by molar-refractivity contribution is 5.71. The Morgan fingerprint density at radius 1 is 1.31 bits per heavy atom. The maximum Gasteiger partial charge on any atom is 0.298 e. The van der Waals surface area contributed by atoms with Gasteiger partial charge in [-0.25, -0.2) is 13.5 Å². The summed E-state index contributed by atoms with van der Waals surface area (Å²) < 4.78 is 35.8. The Hall–Kier alpha value is -2.68. The van der Waals surface area contributed by atoms with E-state index in [4.69, 9.17) is 4.74 Å². The maximum absolute atomic E-state index is 13.8. The van der Waals surface area contributed by atoms with Crippen LogP contribution in [0.1, 0.15) is 31.4 Å². The van der Waals surface area contributed by atoms with Crippen molar-refractivity contribution < 1.29 is 13.5 Å². The van der Waals surface area contributed by atoms with Crippen LogP contribution in [0.3, 0.4) is 0 Å². The molecule has 1 fully saturated rings. The monoisotopic (exact) mass is 361 g/mol. The van der Waals surface area contributed by atoms with E-state index in [0.717, 1.165) is 0 Å². The summed E-state index contributed by atoms with van der Waals surface area (Å²) in [6.45, 7) is 2.36. The topological polar surface area (TPSA) is 74.8 Å². The van der Waals surface area contributed by atoms with Gasteiger partial charge in [-0.1, -0.05) is 11.3 Å². The molecule has 9 heteroatoms. The van der Waals surface area contributed by atoms with Gasteiger partial charge in [0.05, 0.1) is 24.9 Å². The summed E-state index contributed by atoms with van der Waals surface area (Å²) in [4.78, 5) is 12.7. The second kappa shape index (κ2) is 6.56. The number of halogens is 2. The minimum atomic E-state index is -0.663. The Bertz CT molecular complexity index is 996. The first-order valence-electron chi connectivity index (χ1n) is 8.40. The molecule has 1 aromatic carbocycles. The van der Waals surface area contributed by atoms with Crippen LogP contribution in [0.4, 0.5) is 8.78 Å². The predicted molar refractivity (Wildman–Crippen MR) is 88.7 cm³/mol. The van der Waals surface area contributed by atoms with Gasteiger partial charge in [0.1, 0.15) is 17.2 Å². The van der Waals surface area contributed by atoms with E-state index in [9.17, 15) is 13.6 Å². The molecule has 0 aliphatic carbocycles. The third-order valence-corrected chi connectivity index (χ3v) is 4.59. The lowest BCUT2D eigenvalue weighted by Crippen LogP contribution is -2.34. The first-order chi connectivity index (χ1) is 12.5. The number of hydrogen-bond donors (Lipinski definition) is 0. The summed E-state index contributed by atoms with van der Waals surface area (Å²) in [5.41, 5.74) is -0.0484. The molecule has 0 unspecified atom stereocenters. The number of aromatic nitrogens is 5. The summed E-state index contributed by atoms with van der Waals surface area (Å²) in [6, 6.07) is 3.56. The number of ether oxygens (including phenoxy) is 1. The standard InChI is InChI=1S/C17H17F2N5O2/c1-10-7-11(5-6-26-10)24-17(25)16-15(20-22-24)9-23(21-16)8-12-13(18)3-2-4-14(12)19/h2-4,9-11H,5-8H2,1H3/t10-,11+/m1/s1. The van der Waals surface area contributed by atoms with Crippen LogP contribution < -0.4 is 5.56 Å². The van der Waals surface area contributed by atoms with Crippen molar-refractivity contribution in [2.75, 3.05) is 6.61 Å². The van der Waals surface area contributed by atoms with Crippen molar-refractivity contribution in [3.63, 3.8) is 0 Å². The molecule has 1 aliphatic heterocycles. The maximum atomic E-state index is 13.8. The summed E-state index contributed by atoms with van der Waals surface area (Å²) >= 11 is 0. The van der Waals surface area contributed by atoms with Crippen LogP contribution in [0.2, 0.25) is 0 Å². The van der Waals surface area contributed by atoms with Crippen molar-refractivity contribution in [2.24, 2.45) is 0 Å². The smallest absolute Gasteiger partial charge is 0.298 e. The Morgan fingerprint density at radius 3 is 2.81 bits per heavy atom. The highest BCUT2D eigenvalue weighted by Gasteiger charge is 2.24. The van der Waals surface area contributed by atoms with E-state index in [0.29, 0.717) is 25.0 Å². The van der Waals surface area contributed by atoms with Crippen molar-refractivity contribution in [3.05, 3.63) is 51.9 Å². The van der Waals surface area contributed by atoms with E-state index in [1.807, 2.05) is 6.92 Å². The second-order valence-electron chi connectivity index (χ2n) is 6.46. The molecule has 1 saturated heterocycles. The molecule has 2 aromatic heterocycles. The van der Waals surface area contributed by atoms with Crippen LogP contribution in [-0.4, -0.2) is 37.5 Å². The zero-order valence-corrected chi connectivity index (χ0v) is 14.1. The van der Waals surface area contributed by atoms with Gasteiger partial charge in [-0.05, 0) is 31.9 Å². The third kappa shape index (κ3) is 2.98. The lowest BCUT2D eigenvalue weighted by Gasteiger charge is -2.27. The highest BCUT2D eigenvalue weighted by atomic mass is 19.1. The molecule has 0 radical (unpaired) electrons. The largest absolute Gasteiger partial charge is 0.378 e. The summed E-state index contributed by atoms with van der Waals surface area (Å²) in [7, 11) is 0. The van der Waals surface area contributed by atoms with E-state index in [1.54, 1.807) is 0 Å². The molecule has 0 spiro atoms. The minimum Gasteiger partial charge on any atom is -0.378 e. The van der Waals surface area contributed by atoms with Gasteiger partial charge >= 0.3 is 0 Å². The van der Waals surface area contributed by atoms with Crippen molar-refractivity contribution >= 4 is 11.0 Å². The molecule has 7 nitrogen and oxygen atoms in total. The first-order valence-corrected chi connectivity index (χ1v) is 8.40. The van der Waals surface area contributed by atoms with Crippen LogP contribution in [0, 0.1) is 11.6 Å². The second-order valence-corrected chi connectivity index (χ2v) is 6.46. The minimum absolute atomic E-state index is 0.0414. The van der Waals surface area contributed by atoms with Crippen molar-refractivity contribution in [2.45, 2.75) is 38.5 Å². The first kappa shape index (κ1) is 16.8. The molecule has 26 heavy (non-hydrogen) atoms. The normalized spacial score (nSPS) is 20.6. The molecular formula is C17H17F2N5O2. The van der Waals surface area contributed by atoms with Crippen LogP contribution in [0.5, 0.6) is 0 Å². The number of rotatable bonds is 3. The zero-order chi connectivity index (χ0) is 18.3. The van der Waals surface area contributed by atoms with Crippen LogP contribution in [0.25, 0.3) is 11.0 Å². The Balaban J connectivity index is 1.69. The Kier molecular flexibility index (Phi) is 4.23. The summed E-state index contributed by atoms with van der Waals surface area (Å²) in [6.07, 6.45) is 2.85. The van der Waals surface area contributed by atoms with Crippen molar-refractivity contribution in [1.29, 1.82) is 0 Å². The van der Waals surface area contributed by atoms with Crippen molar-refractivity contribution in [1.82, 2.24) is 24.8 Å². The number of benzene rings is 1. The molecule has 0 saturated carbocycles. The fraction of sp³-hybridized carbons (Fsp3) is 0.412. The van der Waals surface area contributed by atoms with Gasteiger partial charge in [0.2, 0.25) is 0 Å². The molecular weight excluding hydrogens is 344 g/mol. The van der Waals surface area contributed by atoms with Gasteiger partial charge in [-0.2, -0.15) is 5.10 Å². The van der Waals surface area contributed by atoms with Crippen LogP contribution >= 0.6 is 0 Å². The number of hydrogen-bond acceptors (Lipinski definition) is 5. The number of nitrogens with zero attached hydrogens (tertiary/aromatic N) is 5. The molecule has 0 amide bonds. The van der Waals surface area contributed by atoms with E-state index < -0.39 is 11.6 Å². The SMILES string of the molecule is C[C@@H]1C[C@@H](n2nnc3cn(Cc4c(F)cccc4F)nc3c2=O)CCO1. The zero-order valence-electron chi connectivity index (χ0n) is 14.1. The van der Waals surface area contributed by atoms with Gasteiger partial charge in [0.15, 0.2) is 5.52 Å². The molecule has 0 N–H and O–H groups in total. The quantitative estimate of drug-likeness (QED) is 0.714. The molecule has 4 rings (SSSR count). The van der Waals surface area contributed by atoms with Crippen LogP contribution in [0.15, 0.2) is 29.2 Å². The molecule has 3 heterocycles. The van der Waals surface area contributed by atoms with Gasteiger partial charge in [-0.15, -0.1) is 5.10 Å². The van der Waals surface area contributed by atoms with E-state index >= 15 is 0 Å². The van der Waals surface area contributed by atoms with E-state index in [-0.39, 0.29) is 35.3 Å². The van der Waals surface area contributed by atoms with Gasteiger partial charge < -0.3 is 4.74 Å². The molecule has 136 valence electrons. The Labute approximate surface area is 147 Å². The van der Waals surface area contributed by atoms with Gasteiger partial charge in [0, 0.05) is 12.2 Å². The van der Waals surface area contributed by atoms with Gasteiger partial charge in [-0.3, -0.25) is 9.48 Å². The highest BCUT2D eigenvalue weighted by Crippen LogP contribution is 2.23. The predicted octanol–water partition coefficient (Wildman–Crippen LogP) is 2.05. The molecule has 0 bridgehead atoms. The van der Waals surface area contributed by atoms with Gasteiger partial charge in [0.25, 0.3) is 5.56 Å². The Morgan fingerprint density at radius 2 is 2.08 bits per heavy atom. The molecule has 1 aliphatic rings. The summed E-state index contributed by atoms with van der Waals surface area (Å²) in [5.74, 6) is -1.33. The summed E-state index contributed by atoms with van der Waals surface area (Å²) in [5, 5.41) is 12.2. The number of fused-ring (bicyclic) bond motifs is 1. The van der Waals surface area contributed by atoms with Crippen LogP contribution in [-0.2, 0) is 11.3 Å². The molecule has 2 atom stereocenters. The van der Waals surface area contributed by atoms with E-state index in [2.05, 4.69) is 15.4 Å². The average molecular weight is 361 g/mol. The lowest BCUT2D eigenvalue weighted by atomic mass is 10.0. The average Bonchev–Trinajstić information content (AvgIpc) is 3.02. The third-order valence-electron chi connectivity index (χ3n) is 4.59.